The van der Waals surface area contributed by atoms with E-state index < -0.39 is 5.79 Å². The van der Waals surface area contributed by atoms with Crippen molar-refractivity contribution in [3.8, 4) is 0 Å². The molecule has 28 heavy (non-hydrogen) atoms. The van der Waals surface area contributed by atoms with Crippen LogP contribution in [-0.4, -0.2) is 44.3 Å². The van der Waals surface area contributed by atoms with Crippen LogP contribution in [0.3, 0.4) is 0 Å². The van der Waals surface area contributed by atoms with E-state index in [1.807, 2.05) is 0 Å². The lowest BCUT2D eigenvalue weighted by molar-refractivity contribution is -0.246. The molecule has 2 spiro atoms. The zero-order chi connectivity index (χ0) is 19.0. The van der Waals surface area contributed by atoms with E-state index in [2.05, 4.69) is 13.0 Å². The normalized spacial score (nSPS) is 48.2. The van der Waals surface area contributed by atoms with E-state index in [1.54, 1.807) is 0 Å². The van der Waals surface area contributed by atoms with Gasteiger partial charge in [0.1, 0.15) is 6.29 Å². The maximum Gasteiger partial charge on any atom is 0.174 e. The number of ether oxygens (including phenoxy) is 4. The summed E-state index contributed by atoms with van der Waals surface area (Å²) in [5.74, 6) is 1.40. The largest absolute Gasteiger partial charge is 0.347 e. The molecule has 2 aliphatic heterocycles. The van der Waals surface area contributed by atoms with Crippen molar-refractivity contribution in [3.63, 3.8) is 0 Å². The zero-order valence-electron chi connectivity index (χ0n) is 16.9. The van der Waals surface area contributed by atoms with Gasteiger partial charge in [-0.2, -0.15) is 0 Å². The molecule has 6 atom stereocenters. The second kappa shape index (κ2) is 6.13. The van der Waals surface area contributed by atoms with E-state index in [0.29, 0.717) is 50.1 Å². The molecule has 0 bridgehead atoms. The van der Waals surface area contributed by atoms with Crippen LogP contribution in [0.15, 0.2) is 11.6 Å². The minimum Gasteiger partial charge on any atom is -0.347 e. The van der Waals surface area contributed by atoms with Gasteiger partial charge in [-0.1, -0.05) is 18.6 Å². The molecule has 4 aliphatic carbocycles. The van der Waals surface area contributed by atoms with Gasteiger partial charge in [0.25, 0.3) is 0 Å². The van der Waals surface area contributed by atoms with Crippen LogP contribution in [0.5, 0.6) is 0 Å². The fourth-order valence-corrected chi connectivity index (χ4v) is 8.21. The third-order valence-electron chi connectivity index (χ3n) is 9.28. The summed E-state index contributed by atoms with van der Waals surface area (Å²) in [7, 11) is 0. The monoisotopic (exact) mass is 388 g/mol. The Morgan fingerprint density at radius 1 is 1.04 bits per heavy atom. The van der Waals surface area contributed by atoms with Crippen LogP contribution in [-0.2, 0) is 23.7 Å². The summed E-state index contributed by atoms with van der Waals surface area (Å²) < 4.78 is 24.5. The van der Waals surface area contributed by atoms with E-state index >= 15 is 0 Å². The molecular formula is C23H32O5. The summed E-state index contributed by atoms with van der Waals surface area (Å²) in [5, 5.41) is 0. The molecule has 0 aromatic rings. The average Bonchev–Trinajstić information content (AvgIpc) is 3.43. The third-order valence-corrected chi connectivity index (χ3v) is 9.28. The number of allylic oxidation sites excluding steroid dienone is 1. The summed E-state index contributed by atoms with van der Waals surface area (Å²) >= 11 is 0. The standard InChI is InChI=1S/C23H32O5/c1-21-12-16(14-24)20-17-4-6-22(25-8-9-26-22)13-15(17)2-3-18(20)19(21)5-7-23(21)27-10-11-28-23/h2,14,16-20H,3-13H2,1H3/t16?,17-,18-,19-,20+,21-/m0/s1. The smallest absolute Gasteiger partial charge is 0.174 e. The van der Waals surface area contributed by atoms with Crippen molar-refractivity contribution in [1.29, 1.82) is 0 Å². The average molecular weight is 389 g/mol. The number of carbonyl (C=O) groups excluding carboxylic acids is 1. The Bertz CT molecular complexity index is 689. The van der Waals surface area contributed by atoms with Gasteiger partial charge in [-0.15, -0.1) is 0 Å². The highest BCUT2D eigenvalue weighted by molar-refractivity contribution is 5.56. The Morgan fingerprint density at radius 2 is 1.79 bits per heavy atom. The van der Waals surface area contributed by atoms with Crippen molar-refractivity contribution in [3.05, 3.63) is 11.6 Å². The lowest BCUT2D eigenvalue weighted by Gasteiger charge is -2.57. The molecule has 5 fully saturated rings. The van der Waals surface area contributed by atoms with Crippen molar-refractivity contribution in [2.75, 3.05) is 26.4 Å². The molecule has 2 heterocycles. The fraction of sp³-hybridized carbons (Fsp3) is 0.870. The molecule has 6 aliphatic rings. The fourth-order valence-electron chi connectivity index (χ4n) is 8.21. The van der Waals surface area contributed by atoms with Crippen LogP contribution < -0.4 is 0 Å². The van der Waals surface area contributed by atoms with Gasteiger partial charge >= 0.3 is 0 Å². The van der Waals surface area contributed by atoms with Gasteiger partial charge < -0.3 is 23.7 Å². The lowest BCUT2D eigenvalue weighted by Crippen LogP contribution is -2.56. The summed E-state index contributed by atoms with van der Waals surface area (Å²) in [4.78, 5) is 12.3. The maximum atomic E-state index is 12.3. The first-order chi connectivity index (χ1) is 13.6. The van der Waals surface area contributed by atoms with Crippen LogP contribution in [0.4, 0.5) is 0 Å². The second-order valence-electron chi connectivity index (χ2n) is 10.2. The predicted octanol–water partition coefficient (Wildman–Crippen LogP) is 3.47. The van der Waals surface area contributed by atoms with Crippen LogP contribution >= 0.6 is 0 Å². The van der Waals surface area contributed by atoms with Gasteiger partial charge in [-0.25, -0.2) is 0 Å². The van der Waals surface area contributed by atoms with Crippen LogP contribution in [0.2, 0.25) is 0 Å². The lowest BCUT2D eigenvalue weighted by atomic mass is 9.49. The Hall–Kier alpha value is -0.750. The Kier molecular flexibility index (Phi) is 3.95. The van der Waals surface area contributed by atoms with E-state index in [1.165, 1.54) is 11.9 Å². The molecule has 0 aromatic carbocycles. The van der Waals surface area contributed by atoms with Crippen molar-refractivity contribution >= 4 is 6.29 Å². The summed E-state index contributed by atoms with van der Waals surface area (Å²) in [6.45, 7) is 5.15. The van der Waals surface area contributed by atoms with Crippen molar-refractivity contribution < 1.29 is 23.7 Å². The summed E-state index contributed by atoms with van der Waals surface area (Å²) in [5.41, 5.74) is 1.45. The number of aldehydes is 1. The molecule has 1 unspecified atom stereocenters. The zero-order valence-corrected chi connectivity index (χ0v) is 16.9. The van der Waals surface area contributed by atoms with E-state index in [-0.39, 0.29) is 17.1 Å². The maximum absolute atomic E-state index is 12.3. The SMILES string of the molecule is C[C@]12CC(C=O)[C@H]3[C@@H](CC=C4CC5(CC[C@@H]43)OCCO5)[C@@H]1CCC21OCCO1. The van der Waals surface area contributed by atoms with Gasteiger partial charge in [0.2, 0.25) is 0 Å². The first-order valence-corrected chi connectivity index (χ1v) is 11.3. The first-order valence-electron chi connectivity index (χ1n) is 11.3. The Balaban J connectivity index is 1.34. The van der Waals surface area contributed by atoms with Crippen LogP contribution in [0, 0.1) is 35.0 Å². The van der Waals surface area contributed by atoms with Crippen LogP contribution in [0.1, 0.15) is 51.9 Å². The highest BCUT2D eigenvalue weighted by Crippen LogP contribution is 2.67. The van der Waals surface area contributed by atoms with Gasteiger partial charge in [-0.3, -0.25) is 0 Å². The van der Waals surface area contributed by atoms with E-state index in [9.17, 15) is 4.79 Å². The third kappa shape index (κ3) is 2.25. The molecule has 5 heteroatoms. The minimum atomic E-state index is -0.448. The molecule has 0 aromatic heterocycles. The molecule has 154 valence electrons. The minimum absolute atomic E-state index is 0.0465. The Labute approximate surface area is 167 Å². The van der Waals surface area contributed by atoms with Crippen LogP contribution in [0.25, 0.3) is 0 Å². The summed E-state index contributed by atoms with van der Waals surface area (Å²) in [6.07, 6.45) is 10.8. The molecule has 6 rings (SSSR count). The number of hydrogen-bond donors (Lipinski definition) is 0. The molecule has 0 N–H and O–H groups in total. The molecule has 0 amide bonds. The predicted molar refractivity (Wildman–Crippen MR) is 101 cm³/mol. The quantitative estimate of drug-likeness (QED) is 0.509. The number of rotatable bonds is 1. The van der Waals surface area contributed by atoms with E-state index in [0.717, 1.165) is 44.9 Å². The van der Waals surface area contributed by atoms with E-state index in [4.69, 9.17) is 18.9 Å². The second-order valence-corrected chi connectivity index (χ2v) is 10.2. The molecule has 0 radical (unpaired) electrons. The van der Waals surface area contributed by atoms with Crippen molar-refractivity contribution in [2.45, 2.75) is 63.4 Å². The Morgan fingerprint density at radius 3 is 2.54 bits per heavy atom. The van der Waals surface area contributed by atoms with Gasteiger partial charge in [0.05, 0.1) is 26.4 Å². The summed E-state index contributed by atoms with van der Waals surface area (Å²) in [6, 6.07) is 0. The highest BCUT2D eigenvalue weighted by atomic mass is 16.7. The van der Waals surface area contributed by atoms with Crippen molar-refractivity contribution in [1.82, 2.24) is 0 Å². The molecule has 5 nitrogen and oxygen atoms in total. The van der Waals surface area contributed by atoms with Gasteiger partial charge in [0.15, 0.2) is 11.6 Å². The molecular weight excluding hydrogens is 356 g/mol. The van der Waals surface area contributed by atoms with Crippen molar-refractivity contribution in [2.24, 2.45) is 35.0 Å². The molecule has 3 saturated carbocycles. The molecule has 2 saturated heterocycles. The number of hydrogen-bond acceptors (Lipinski definition) is 5. The topological polar surface area (TPSA) is 54.0 Å². The highest BCUT2D eigenvalue weighted by Gasteiger charge is 2.67. The first kappa shape index (κ1) is 18.1. The number of carbonyl (C=O) groups is 1. The van der Waals surface area contributed by atoms with Gasteiger partial charge in [0, 0.05) is 30.6 Å². The van der Waals surface area contributed by atoms with Gasteiger partial charge in [-0.05, 0) is 49.4 Å². The number of fused-ring (bicyclic) bond motifs is 6.